The Morgan fingerprint density at radius 1 is 1.24 bits per heavy atom. The number of pyridine rings is 1. The van der Waals surface area contributed by atoms with Gasteiger partial charge in [0.2, 0.25) is 0 Å². The molecule has 2 aromatic heterocycles. The summed E-state index contributed by atoms with van der Waals surface area (Å²) in [6.45, 7) is 3.32. The number of nitrogens with one attached hydrogen (secondary N) is 2. The number of nitrogens with zero attached hydrogens (tertiary/aromatic N) is 3. The van der Waals surface area contributed by atoms with Gasteiger partial charge < -0.3 is 10.4 Å². The van der Waals surface area contributed by atoms with Crippen LogP contribution in [-0.2, 0) is 7.05 Å². The van der Waals surface area contributed by atoms with Crippen molar-refractivity contribution in [2.45, 2.75) is 25.5 Å². The van der Waals surface area contributed by atoms with Crippen molar-refractivity contribution >= 4 is 22.8 Å². The highest BCUT2D eigenvalue weighted by Crippen LogP contribution is 2.25. The number of fused-ring (bicyclic) bond motifs is 1. The molecule has 7 heteroatoms. The minimum Gasteiger partial charge on any atom is -0.388 e. The summed E-state index contributed by atoms with van der Waals surface area (Å²) in [6.07, 6.45) is 3.37. The fourth-order valence-electron chi connectivity index (χ4n) is 2.71. The van der Waals surface area contributed by atoms with E-state index in [0.717, 1.165) is 16.5 Å². The summed E-state index contributed by atoms with van der Waals surface area (Å²) >= 11 is 0. The van der Waals surface area contributed by atoms with Gasteiger partial charge in [0.15, 0.2) is 0 Å². The average molecular weight is 339 g/mol. The van der Waals surface area contributed by atoms with E-state index in [4.69, 9.17) is 0 Å². The van der Waals surface area contributed by atoms with Gasteiger partial charge in [-0.3, -0.25) is 10.00 Å². The fourth-order valence-corrected chi connectivity index (χ4v) is 2.71. The molecule has 3 N–H and O–H groups in total. The summed E-state index contributed by atoms with van der Waals surface area (Å²) in [5, 5.41) is 21.0. The summed E-state index contributed by atoms with van der Waals surface area (Å²) in [4.78, 5) is 16.6. The van der Waals surface area contributed by atoms with Crippen molar-refractivity contribution in [2.24, 2.45) is 7.05 Å². The molecular weight excluding hydrogens is 318 g/mol. The van der Waals surface area contributed by atoms with Crippen LogP contribution in [0.2, 0.25) is 0 Å². The van der Waals surface area contributed by atoms with Crippen molar-refractivity contribution in [1.82, 2.24) is 20.1 Å². The molecule has 0 radical (unpaired) electrons. The quantitative estimate of drug-likeness (QED) is 0.681. The van der Waals surface area contributed by atoms with Crippen LogP contribution in [0.25, 0.3) is 10.9 Å². The van der Waals surface area contributed by atoms with E-state index < -0.39 is 17.7 Å². The highest BCUT2D eigenvalue weighted by molar-refractivity contribution is 5.91. The van der Waals surface area contributed by atoms with Crippen LogP contribution in [0.15, 0.2) is 48.8 Å². The number of hydrogen-bond acceptors (Lipinski definition) is 4. The monoisotopic (exact) mass is 339 g/mol. The van der Waals surface area contributed by atoms with Gasteiger partial charge in [-0.15, -0.1) is 0 Å². The lowest BCUT2D eigenvalue weighted by atomic mass is 9.92. The van der Waals surface area contributed by atoms with Crippen LogP contribution < -0.4 is 10.6 Å². The zero-order chi connectivity index (χ0) is 18.0. The van der Waals surface area contributed by atoms with E-state index in [2.05, 4.69) is 20.7 Å². The van der Waals surface area contributed by atoms with E-state index >= 15 is 0 Å². The minimum atomic E-state index is -1.13. The minimum absolute atomic E-state index is 0.417. The third-order valence-electron chi connectivity index (χ3n) is 3.99. The van der Waals surface area contributed by atoms with E-state index in [1.807, 2.05) is 37.4 Å². The number of rotatable bonds is 4. The molecule has 2 amide bonds. The summed E-state index contributed by atoms with van der Waals surface area (Å²) in [6, 6.07) is 10.1. The lowest BCUT2D eigenvalue weighted by Gasteiger charge is -2.30. The Hall–Kier alpha value is -2.93. The first-order chi connectivity index (χ1) is 11.8. The Kier molecular flexibility index (Phi) is 4.41. The van der Waals surface area contributed by atoms with Gasteiger partial charge in [0.25, 0.3) is 0 Å². The van der Waals surface area contributed by atoms with Crippen molar-refractivity contribution in [1.29, 1.82) is 0 Å². The average Bonchev–Trinajstić information content (AvgIpc) is 2.93. The first-order valence-corrected chi connectivity index (χ1v) is 7.97. The molecule has 0 spiro atoms. The second-order valence-corrected chi connectivity index (χ2v) is 6.49. The van der Waals surface area contributed by atoms with Gasteiger partial charge in [-0.25, -0.2) is 9.78 Å². The number of anilines is 1. The SMILES string of the molecule is Cn1ncc2cc(NC(=O)N[C@@H](c3ccccc3)C(C)(C)O)ncc21. The van der Waals surface area contributed by atoms with E-state index in [-0.39, 0.29) is 0 Å². The zero-order valence-corrected chi connectivity index (χ0v) is 14.4. The molecule has 130 valence electrons. The number of benzene rings is 1. The van der Waals surface area contributed by atoms with Crippen molar-refractivity contribution in [2.75, 3.05) is 5.32 Å². The topological polar surface area (TPSA) is 92.1 Å². The summed E-state index contributed by atoms with van der Waals surface area (Å²) in [5.41, 5.74) is 0.574. The molecule has 0 saturated heterocycles. The maximum absolute atomic E-state index is 12.4. The van der Waals surface area contributed by atoms with Crippen molar-refractivity contribution in [3.05, 3.63) is 54.4 Å². The molecule has 1 atom stereocenters. The highest BCUT2D eigenvalue weighted by Gasteiger charge is 2.29. The molecule has 0 aliphatic rings. The number of amides is 2. The van der Waals surface area contributed by atoms with E-state index in [1.165, 1.54) is 0 Å². The Morgan fingerprint density at radius 2 is 1.96 bits per heavy atom. The molecule has 3 aromatic rings. The number of carbonyl (C=O) groups excluding carboxylic acids is 1. The Morgan fingerprint density at radius 3 is 2.64 bits per heavy atom. The van der Waals surface area contributed by atoms with Crippen LogP contribution in [-0.4, -0.2) is 31.5 Å². The highest BCUT2D eigenvalue weighted by atomic mass is 16.3. The summed E-state index contributed by atoms with van der Waals surface area (Å²) in [5.74, 6) is 0.417. The molecule has 2 heterocycles. The predicted molar refractivity (Wildman–Crippen MR) is 96.1 cm³/mol. The second kappa shape index (κ2) is 6.52. The van der Waals surface area contributed by atoms with E-state index in [9.17, 15) is 9.90 Å². The van der Waals surface area contributed by atoms with Crippen molar-refractivity contribution in [3.8, 4) is 0 Å². The Labute approximate surface area is 145 Å². The van der Waals surface area contributed by atoms with Crippen molar-refractivity contribution in [3.63, 3.8) is 0 Å². The van der Waals surface area contributed by atoms with Crippen LogP contribution in [0.3, 0.4) is 0 Å². The zero-order valence-electron chi connectivity index (χ0n) is 14.4. The molecular formula is C18H21N5O2. The summed E-state index contributed by atoms with van der Waals surface area (Å²) < 4.78 is 1.71. The van der Waals surface area contributed by atoms with Crippen LogP contribution in [0.5, 0.6) is 0 Å². The molecule has 0 aliphatic carbocycles. The number of carbonyl (C=O) groups is 1. The molecule has 25 heavy (non-hydrogen) atoms. The van der Waals surface area contributed by atoms with Crippen LogP contribution in [0.1, 0.15) is 25.5 Å². The predicted octanol–water partition coefficient (Wildman–Crippen LogP) is 2.60. The standard InChI is InChI=1S/C18H21N5O2/c1-18(2,25)16(12-7-5-4-6-8-12)22-17(24)21-15-9-13-10-20-23(3)14(13)11-19-15/h4-11,16,25H,1-3H3,(H2,19,21,22,24)/t16-/m0/s1. The number of aryl methyl sites for hydroxylation is 1. The number of aliphatic hydroxyl groups is 1. The van der Waals surface area contributed by atoms with Crippen molar-refractivity contribution < 1.29 is 9.90 Å². The number of urea groups is 1. The van der Waals surface area contributed by atoms with Gasteiger partial charge in [0.1, 0.15) is 5.82 Å². The molecule has 1 aromatic carbocycles. The molecule has 0 saturated carbocycles. The van der Waals surface area contributed by atoms with Gasteiger partial charge in [-0.2, -0.15) is 5.10 Å². The third-order valence-corrected chi connectivity index (χ3v) is 3.99. The first-order valence-electron chi connectivity index (χ1n) is 7.97. The molecule has 0 fully saturated rings. The largest absolute Gasteiger partial charge is 0.388 e. The van der Waals surface area contributed by atoms with E-state index in [1.54, 1.807) is 37.0 Å². The Balaban J connectivity index is 1.77. The smallest absolute Gasteiger partial charge is 0.320 e. The van der Waals surface area contributed by atoms with Gasteiger partial charge in [-0.05, 0) is 25.5 Å². The first kappa shape index (κ1) is 16.9. The van der Waals surface area contributed by atoms with Crippen LogP contribution >= 0.6 is 0 Å². The van der Waals surface area contributed by atoms with Gasteiger partial charge in [0, 0.05) is 12.4 Å². The maximum Gasteiger partial charge on any atom is 0.320 e. The molecule has 3 rings (SSSR count). The molecule has 0 aliphatic heterocycles. The number of aromatic nitrogens is 3. The fraction of sp³-hybridized carbons (Fsp3) is 0.278. The lowest BCUT2D eigenvalue weighted by Crippen LogP contribution is -2.43. The molecule has 7 nitrogen and oxygen atoms in total. The van der Waals surface area contributed by atoms with Gasteiger partial charge in [-0.1, -0.05) is 30.3 Å². The van der Waals surface area contributed by atoms with Gasteiger partial charge >= 0.3 is 6.03 Å². The normalized spacial score (nSPS) is 12.8. The lowest BCUT2D eigenvalue weighted by molar-refractivity contribution is 0.0415. The van der Waals surface area contributed by atoms with Gasteiger partial charge in [0.05, 0.1) is 29.6 Å². The Bertz CT molecular complexity index is 883. The molecule has 0 unspecified atom stereocenters. The number of hydrogen-bond donors (Lipinski definition) is 3. The van der Waals surface area contributed by atoms with E-state index in [0.29, 0.717) is 5.82 Å². The maximum atomic E-state index is 12.4. The third kappa shape index (κ3) is 3.77. The van der Waals surface area contributed by atoms with Crippen LogP contribution in [0.4, 0.5) is 10.6 Å². The molecule has 0 bridgehead atoms. The second-order valence-electron chi connectivity index (χ2n) is 6.49. The van der Waals surface area contributed by atoms with Crippen LogP contribution in [0, 0.1) is 0 Å². The summed E-state index contributed by atoms with van der Waals surface area (Å²) in [7, 11) is 1.83.